The average molecular weight is 287 g/mol. The van der Waals surface area contributed by atoms with Crippen LogP contribution < -0.4 is 5.32 Å². The highest BCUT2D eigenvalue weighted by atomic mass is 32.1. The number of hydrogen-bond donors (Lipinski definition) is 1. The molecule has 0 radical (unpaired) electrons. The second-order valence-corrected chi connectivity index (χ2v) is 5.67. The standard InChI is InChI=1S/C14H17N5S/c1-3-6-12-16-10-7-4-5-8-11(10)19(12)9-13-17-18-14(15-2)20-13/h4-5,7-8H,3,6,9H2,1-2H3,(H,15,18). The molecule has 6 heteroatoms. The Morgan fingerprint density at radius 1 is 1.25 bits per heavy atom. The zero-order chi connectivity index (χ0) is 13.9. The highest BCUT2D eigenvalue weighted by molar-refractivity contribution is 7.15. The number of rotatable bonds is 5. The van der Waals surface area contributed by atoms with E-state index in [1.54, 1.807) is 11.3 Å². The van der Waals surface area contributed by atoms with Gasteiger partial charge in [0.05, 0.1) is 17.6 Å². The van der Waals surface area contributed by atoms with Gasteiger partial charge in [-0.2, -0.15) is 0 Å². The third-order valence-electron chi connectivity index (χ3n) is 3.18. The normalized spacial score (nSPS) is 11.1. The zero-order valence-electron chi connectivity index (χ0n) is 11.6. The average Bonchev–Trinajstić information content (AvgIpc) is 3.05. The molecule has 0 atom stereocenters. The van der Waals surface area contributed by atoms with Crippen molar-refractivity contribution in [2.45, 2.75) is 26.3 Å². The number of fused-ring (bicyclic) bond motifs is 1. The Hall–Kier alpha value is -1.95. The Morgan fingerprint density at radius 2 is 2.10 bits per heavy atom. The second-order valence-electron chi connectivity index (χ2n) is 4.60. The minimum Gasteiger partial charge on any atom is -0.363 e. The lowest BCUT2D eigenvalue weighted by atomic mass is 10.3. The van der Waals surface area contributed by atoms with Crippen LogP contribution in [0.1, 0.15) is 24.2 Å². The van der Waals surface area contributed by atoms with Crippen LogP contribution in [0.3, 0.4) is 0 Å². The lowest BCUT2D eigenvalue weighted by Crippen LogP contribution is -2.05. The maximum atomic E-state index is 4.73. The first-order chi connectivity index (χ1) is 9.81. The second kappa shape index (κ2) is 5.58. The number of aryl methyl sites for hydroxylation is 1. The van der Waals surface area contributed by atoms with E-state index in [9.17, 15) is 0 Å². The summed E-state index contributed by atoms with van der Waals surface area (Å²) in [7, 11) is 1.86. The van der Waals surface area contributed by atoms with Gasteiger partial charge < -0.3 is 9.88 Å². The first-order valence-electron chi connectivity index (χ1n) is 6.76. The molecule has 0 saturated carbocycles. The van der Waals surface area contributed by atoms with Gasteiger partial charge in [-0.25, -0.2) is 4.98 Å². The van der Waals surface area contributed by atoms with Crippen LogP contribution in [0, 0.1) is 0 Å². The Bertz CT molecular complexity index is 715. The number of nitrogens with zero attached hydrogens (tertiary/aromatic N) is 4. The summed E-state index contributed by atoms with van der Waals surface area (Å²) in [6.45, 7) is 2.91. The van der Waals surface area contributed by atoms with E-state index in [1.165, 1.54) is 0 Å². The number of anilines is 1. The van der Waals surface area contributed by atoms with Gasteiger partial charge in [-0.3, -0.25) is 0 Å². The molecule has 0 aliphatic carbocycles. The number of nitrogens with one attached hydrogen (secondary N) is 1. The number of benzene rings is 1. The van der Waals surface area contributed by atoms with Gasteiger partial charge in [0.1, 0.15) is 10.8 Å². The van der Waals surface area contributed by atoms with Crippen molar-refractivity contribution in [3.05, 3.63) is 35.1 Å². The maximum Gasteiger partial charge on any atom is 0.205 e. The van der Waals surface area contributed by atoms with Gasteiger partial charge in [-0.15, -0.1) is 10.2 Å². The van der Waals surface area contributed by atoms with Gasteiger partial charge >= 0.3 is 0 Å². The van der Waals surface area contributed by atoms with Gasteiger partial charge in [0.2, 0.25) is 5.13 Å². The molecule has 0 aliphatic heterocycles. The lowest BCUT2D eigenvalue weighted by Gasteiger charge is -2.05. The third kappa shape index (κ3) is 2.38. The molecule has 0 bridgehead atoms. The van der Waals surface area contributed by atoms with E-state index in [-0.39, 0.29) is 0 Å². The first-order valence-corrected chi connectivity index (χ1v) is 7.57. The third-order valence-corrected chi connectivity index (χ3v) is 4.11. The van der Waals surface area contributed by atoms with Crippen molar-refractivity contribution in [2.24, 2.45) is 0 Å². The van der Waals surface area contributed by atoms with E-state index in [0.29, 0.717) is 0 Å². The van der Waals surface area contributed by atoms with Crippen LogP contribution in [0.4, 0.5) is 5.13 Å². The van der Waals surface area contributed by atoms with Gasteiger partial charge in [-0.05, 0) is 18.6 Å². The van der Waals surface area contributed by atoms with Gasteiger partial charge in [0.25, 0.3) is 0 Å². The summed E-state index contributed by atoms with van der Waals surface area (Å²) in [5.74, 6) is 1.12. The fourth-order valence-corrected chi connectivity index (χ4v) is 2.95. The fourth-order valence-electron chi connectivity index (χ4n) is 2.27. The topological polar surface area (TPSA) is 55.6 Å². The van der Waals surface area contributed by atoms with Gasteiger partial charge in [0, 0.05) is 13.5 Å². The van der Waals surface area contributed by atoms with Crippen molar-refractivity contribution in [3.63, 3.8) is 0 Å². The summed E-state index contributed by atoms with van der Waals surface area (Å²) >= 11 is 1.58. The minimum atomic E-state index is 0.731. The molecule has 20 heavy (non-hydrogen) atoms. The molecule has 2 aromatic heterocycles. The minimum absolute atomic E-state index is 0.731. The van der Waals surface area contributed by atoms with Crippen molar-refractivity contribution in [1.29, 1.82) is 0 Å². The lowest BCUT2D eigenvalue weighted by molar-refractivity contribution is 0.713. The zero-order valence-corrected chi connectivity index (χ0v) is 12.4. The van der Waals surface area contributed by atoms with Crippen LogP contribution in [-0.4, -0.2) is 26.8 Å². The Labute approximate surface area is 121 Å². The molecule has 0 fully saturated rings. The molecule has 3 rings (SSSR count). The Balaban J connectivity index is 2.01. The summed E-state index contributed by atoms with van der Waals surface area (Å²) in [4.78, 5) is 4.73. The molecular weight excluding hydrogens is 270 g/mol. The fraction of sp³-hybridized carbons (Fsp3) is 0.357. The Morgan fingerprint density at radius 3 is 2.85 bits per heavy atom. The molecule has 2 heterocycles. The summed E-state index contributed by atoms with van der Waals surface area (Å²) in [6, 6.07) is 8.25. The summed E-state index contributed by atoms with van der Waals surface area (Å²) in [5.41, 5.74) is 2.21. The van der Waals surface area contributed by atoms with E-state index in [1.807, 2.05) is 13.1 Å². The van der Waals surface area contributed by atoms with Gasteiger partial charge in [0.15, 0.2) is 0 Å². The quantitative estimate of drug-likeness (QED) is 0.784. The number of aromatic nitrogens is 4. The number of para-hydroxylation sites is 2. The van der Waals surface area contributed by atoms with Crippen molar-refractivity contribution in [2.75, 3.05) is 12.4 Å². The van der Waals surface area contributed by atoms with Crippen molar-refractivity contribution >= 4 is 27.5 Å². The predicted octanol–water partition coefficient (Wildman–Crippen LogP) is 2.93. The molecule has 0 aliphatic rings. The van der Waals surface area contributed by atoms with E-state index in [4.69, 9.17) is 4.98 Å². The molecule has 0 amide bonds. The van der Waals surface area contributed by atoms with Crippen LogP contribution >= 0.6 is 11.3 Å². The molecule has 0 unspecified atom stereocenters. The van der Waals surface area contributed by atoms with Crippen LogP contribution in [0.2, 0.25) is 0 Å². The van der Waals surface area contributed by atoms with Crippen LogP contribution in [0.15, 0.2) is 24.3 Å². The molecule has 3 aromatic rings. The number of hydrogen-bond acceptors (Lipinski definition) is 5. The van der Waals surface area contributed by atoms with Crippen LogP contribution in [-0.2, 0) is 13.0 Å². The molecule has 1 N–H and O–H groups in total. The van der Waals surface area contributed by atoms with Crippen LogP contribution in [0.5, 0.6) is 0 Å². The molecule has 1 aromatic carbocycles. The SMILES string of the molecule is CCCc1nc2ccccc2n1Cc1nnc(NC)s1. The van der Waals surface area contributed by atoms with Gasteiger partial charge in [-0.1, -0.05) is 30.4 Å². The number of imidazole rings is 1. The highest BCUT2D eigenvalue weighted by Gasteiger charge is 2.12. The predicted molar refractivity (Wildman–Crippen MR) is 82.3 cm³/mol. The van der Waals surface area contributed by atoms with E-state index < -0.39 is 0 Å². The molecular formula is C14H17N5S. The maximum absolute atomic E-state index is 4.73. The summed E-state index contributed by atoms with van der Waals surface area (Å²) < 4.78 is 2.25. The van der Waals surface area contributed by atoms with Crippen molar-refractivity contribution in [1.82, 2.24) is 19.7 Å². The molecule has 0 spiro atoms. The molecule has 5 nitrogen and oxygen atoms in total. The molecule has 0 saturated heterocycles. The van der Waals surface area contributed by atoms with Crippen molar-refractivity contribution in [3.8, 4) is 0 Å². The smallest absolute Gasteiger partial charge is 0.205 e. The van der Waals surface area contributed by atoms with E-state index >= 15 is 0 Å². The summed E-state index contributed by atoms with van der Waals surface area (Å²) in [6.07, 6.45) is 2.06. The van der Waals surface area contributed by atoms with Crippen molar-refractivity contribution < 1.29 is 0 Å². The van der Waals surface area contributed by atoms with E-state index in [2.05, 4.69) is 45.2 Å². The first kappa shape index (κ1) is 13.1. The Kier molecular flexibility index (Phi) is 3.64. The summed E-state index contributed by atoms with van der Waals surface area (Å²) in [5, 5.41) is 13.2. The monoisotopic (exact) mass is 287 g/mol. The highest BCUT2D eigenvalue weighted by Crippen LogP contribution is 2.21. The largest absolute Gasteiger partial charge is 0.363 e. The molecule has 104 valence electrons. The van der Waals surface area contributed by atoms with E-state index in [0.717, 1.165) is 46.4 Å². The van der Waals surface area contributed by atoms with Crippen LogP contribution in [0.25, 0.3) is 11.0 Å².